The molecule has 1 saturated heterocycles. The summed E-state index contributed by atoms with van der Waals surface area (Å²) in [5, 5.41) is 0. The lowest BCUT2D eigenvalue weighted by molar-refractivity contribution is -0.221. The average Bonchev–Trinajstić information content (AvgIpc) is 2.79. The molecule has 0 N–H and O–H groups in total. The summed E-state index contributed by atoms with van der Waals surface area (Å²) in [7, 11) is 0. The van der Waals surface area contributed by atoms with Gasteiger partial charge in [0.1, 0.15) is 0 Å². The van der Waals surface area contributed by atoms with Gasteiger partial charge in [-0.3, -0.25) is 0 Å². The Balaban J connectivity index is 1.78. The molecule has 3 nitrogen and oxygen atoms in total. The zero-order chi connectivity index (χ0) is 15.2. The minimum Gasteiger partial charge on any atom is -0.426 e. The van der Waals surface area contributed by atoms with Crippen LogP contribution in [-0.2, 0) is 14.3 Å². The third kappa shape index (κ3) is 2.11. The molecule has 0 aromatic heterocycles. The highest BCUT2D eigenvalue weighted by Crippen LogP contribution is 2.53. The predicted octanol–water partition coefficient (Wildman–Crippen LogP) is 4.08. The van der Waals surface area contributed by atoms with Crippen LogP contribution in [0.15, 0.2) is 35.9 Å². The molecule has 2 heterocycles. The van der Waals surface area contributed by atoms with E-state index in [-0.39, 0.29) is 11.4 Å². The molecule has 1 spiro atoms. The van der Waals surface area contributed by atoms with Crippen LogP contribution < -0.4 is 0 Å². The molecule has 0 radical (unpaired) electrons. The number of esters is 1. The lowest BCUT2D eigenvalue weighted by Crippen LogP contribution is -2.45. The molecule has 2 fully saturated rings. The largest absolute Gasteiger partial charge is 0.426 e. The predicted molar refractivity (Wildman–Crippen MR) is 83.9 cm³/mol. The van der Waals surface area contributed by atoms with E-state index in [0.29, 0.717) is 6.61 Å². The molecule has 1 atom stereocenters. The summed E-state index contributed by atoms with van der Waals surface area (Å²) in [4.78, 5) is 12.5. The summed E-state index contributed by atoms with van der Waals surface area (Å²) in [5.41, 5.74) is 2.94. The van der Waals surface area contributed by atoms with Crippen LogP contribution >= 0.6 is 0 Å². The summed E-state index contributed by atoms with van der Waals surface area (Å²) in [6, 6.07) is 9.86. The summed E-state index contributed by atoms with van der Waals surface area (Å²) in [6.07, 6.45) is 7.18. The monoisotopic (exact) mass is 298 g/mol. The second-order valence-corrected chi connectivity index (χ2v) is 7.08. The Bertz CT molecular complexity index is 625. The Labute approximate surface area is 131 Å². The van der Waals surface area contributed by atoms with Crippen molar-refractivity contribution >= 4 is 11.5 Å². The number of rotatable bonds is 1. The van der Waals surface area contributed by atoms with Crippen LogP contribution in [0.5, 0.6) is 0 Å². The van der Waals surface area contributed by atoms with E-state index in [0.717, 1.165) is 23.1 Å². The second kappa shape index (κ2) is 4.95. The van der Waals surface area contributed by atoms with Gasteiger partial charge in [-0.25, -0.2) is 4.79 Å². The molecule has 3 heteroatoms. The van der Waals surface area contributed by atoms with E-state index in [1.54, 1.807) is 0 Å². The van der Waals surface area contributed by atoms with Gasteiger partial charge in [-0.2, -0.15) is 0 Å². The molecular weight excluding hydrogens is 276 g/mol. The highest BCUT2D eigenvalue weighted by atomic mass is 16.7. The van der Waals surface area contributed by atoms with Crippen LogP contribution in [0.2, 0.25) is 0 Å². The van der Waals surface area contributed by atoms with Crippen LogP contribution in [0.1, 0.15) is 51.0 Å². The van der Waals surface area contributed by atoms with Crippen molar-refractivity contribution in [3.63, 3.8) is 0 Å². The van der Waals surface area contributed by atoms with Crippen molar-refractivity contribution in [2.24, 2.45) is 5.41 Å². The van der Waals surface area contributed by atoms with Crippen LogP contribution in [0, 0.1) is 5.41 Å². The van der Waals surface area contributed by atoms with Crippen molar-refractivity contribution in [2.45, 2.75) is 51.2 Å². The number of carbonyl (C=O) groups excluding carboxylic acids is 1. The van der Waals surface area contributed by atoms with Crippen molar-refractivity contribution in [1.29, 1.82) is 0 Å². The Morgan fingerprint density at radius 1 is 1.05 bits per heavy atom. The van der Waals surface area contributed by atoms with Gasteiger partial charge in [0.2, 0.25) is 5.79 Å². The fourth-order valence-corrected chi connectivity index (χ4v) is 4.24. The standard InChI is InChI=1S/C19H22O3/c1-18-15(12-19(13-21-18)10-6-3-7-11-19)16(17(20)22-18)14-8-4-2-5-9-14/h2,4-5,8-9H,3,6-7,10-13H2,1H3/t18-/m0/s1. The molecule has 1 aromatic carbocycles. The molecule has 3 aliphatic rings. The molecule has 1 saturated carbocycles. The molecule has 2 aliphatic heterocycles. The quantitative estimate of drug-likeness (QED) is 0.733. The van der Waals surface area contributed by atoms with E-state index in [1.807, 2.05) is 37.3 Å². The molecule has 1 aliphatic carbocycles. The Morgan fingerprint density at radius 3 is 2.50 bits per heavy atom. The Hall–Kier alpha value is -1.61. The Morgan fingerprint density at radius 2 is 1.77 bits per heavy atom. The van der Waals surface area contributed by atoms with Crippen molar-refractivity contribution in [3.05, 3.63) is 41.5 Å². The van der Waals surface area contributed by atoms with Gasteiger partial charge >= 0.3 is 5.97 Å². The van der Waals surface area contributed by atoms with Gasteiger partial charge in [0.05, 0.1) is 12.2 Å². The zero-order valence-corrected chi connectivity index (χ0v) is 13.1. The minimum atomic E-state index is -0.856. The van der Waals surface area contributed by atoms with Crippen molar-refractivity contribution < 1.29 is 14.3 Å². The lowest BCUT2D eigenvalue weighted by atomic mass is 9.68. The molecule has 4 rings (SSSR count). The van der Waals surface area contributed by atoms with Crippen molar-refractivity contribution in [1.82, 2.24) is 0 Å². The van der Waals surface area contributed by atoms with Gasteiger partial charge in [0.15, 0.2) is 0 Å². The number of fused-ring (bicyclic) bond motifs is 1. The number of hydrogen-bond acceptors (Lipinski definition) is 3. The van der Waals surface area contributed by atoms with E-state index in [1.165, 1.54) is 32.1 Å². The third-order valence-electron chi connectivity index (χ3n) is 5.52. The molecule has 116 valence electrons. The summed E-state index contributed by atoms with van der Waals surface area (Å²) in [6.45, 7) is 2.61. The van der Waals surface area contributed by atoms with Gasteiger partial charge < -0.3 is 9.47 Å². The lowest BCUT2D eigenvalue weighted by Gasteiger charge is -2.45. The van der Waals surface area contributed by atoms with Gasteiger partial charge in [-0.1, -0.05) is 49.6 Å². The Kier molecular flexibility index (Phi) is 3.15. The van der Waals surface area contributed by atoms with Gasteiger partial charge in [-0.05, 0) is 30.2 Å². The summed E-state index contributed by atoms with van der Waals surface area (Å²) in [5.74, 6) is -1.10. The maximum atomic E-state index is 12.5. The highest BCUT2D eigenvalue weighted by molar-refractivity contribution is 6.20. The number of hydrogen-bond donors (Lipinski definition) is 0. The third-order valence-corrected chi connectivity index (χ3v) is 5.52. The first-order valence-electron chi connectivity index (χ1n) is 8.28. The first-order valence-corrected chi connectivity index (χ1v) is 8.28. The summed E-state index contributed by atoms with van der Waals surface area (Å²) >= 11 is 0. The van der Waals surface area contributed by atoms with E-state index >= 15 is 0 Å². The van der Waals surface area contributed by atoms with Crippen LogP contribution in [0.4, 0.5) is 0 Å². The van der Waals surface area contributed by atoms with Gasteiger partial charge in [0.25, 0.3) is 0 Å². The number of benzene rings is 1. The fraction of sp³-hybridized carbons (Fsp3) is 0.526. The van der Waals surface area contributed by atoms with Crippen LogP contribution in [0.25, 0.3) is 5.57 Å². The second-order valence-electron chi connectivity index (χ2n) is 7.08. The maximum Gasteiger partial charge on any atom is 0.341 e. The molecule has 0 bridgehead atoms. The molecular formula is C19H22O3. The fourth-order valence-electron chi connectivity index (χ4n) is 4.24. The van der Waals surface area contributed by atoms with Crippen molar-refractivity contribution in [2.75, 3.05) is 6.61 Å². The van der Waals surface area contributed by atoms with Gasteiger partial charge in [-0.15, -0.1) is 0 Å². The first-order chi connectivity index (χ1) is 10.6. The minimum absolute atomic E-state index is 0.209. The SMILES string of the molecule is C[C@@]12OCC3(CCCCC3)CC1=C(c1ccccc1)C(=O)O2. The van der Waals surface area contributed by atoms with E-state index < -0.39 is 5.79 Å². The molecule has 1 aromatic rings. The first kappa shape index (κ1) is 14.0. The highest BCUT2D eigenvalue weighted by Gasteiger charge is 2.53. The van der Waals surface area contributed by atoms with E-state index in [9.17, 15) is 4.79 Å². The summed E-state index contributed by atoms with van der Waals surface area (Å²) < 4.78 is 11.7. The smallest absolute Gasteiger partial charge is 0.341 e. The molecule has 0 amide bonds. The topological polar surface area (TPSA) is 35.5 Å². The number of carbonyl (C=O) groups is 1. The van der Waals surface area contributed by atoms with Crippen LogP contribution in [-0.4, -0.2) is 18.4 Å². The van der Waals surface area contributed by atoms with Crippen LogP contribution in [0.3, 0.4) is 0 Å². The zero-order valence-electron chi connectivity index (χ0n) is 13.1. The normalized spacial score (nSPS) is 30.3. The van der Waals surface area contributed by atoms with E-state index in [2.05, 4.69) is 0 Å². The maximum absolute atomic E-state index is 12.5. The molecule has 0 unspecified atom stereocenters. The van der Waals surface area contributed by atoms with E-state index in [4.69, 9.17) is 9.47 Å². The number of ether oxygens (including phenoxy) is 2. The average molecular weight is 298 g/mol. The van der Waals surface area contributed by atoms with Gasteiger partial charge in [0, 0.05) is 12.5 Å². The van der Waals surface area contributed by atoms with Crippen molar-refractivity contribution in [3.8, 4) is 0 Å². The molecule has 22 heavy (non-hydrogen) atoms.